The highest BCUT2D eigenvalue weighted by molar-refractivity contribution is 5.75. The van der Waals surface area contributed by atoms with Gasteiger partial charge in [0.05, 0.1) is 20.3 Å². The van der Waals surface area contributed by atoms with Gasteiger partial charge in [-0.15, -0.1) is 0 Å². The van der Waals surface area contributed by atoms with Gasteiger partial charge in [0.1, 0.15) is 0 Å². The summed E-state index contributed by atoms with van der Waals surface area (Å²) in [5.74, 6) is 1.31. The molecule has 1 atom stereocenters. The Morgan fingerprint density at radius 1 is 1.20 bits per heavy atom. The highest BCUT2D eigenvalue weighted by Gasteiger charge is 2.12. The second-order valence-electron chi connectivity index (χ2n) is 4.68. The van der Waals surface area contributed by atoms with Crippen molar-refractivity contribution < 1.29 is 14.3 Å². The smallest absolute Gasteiger partial charge is 0.319 e. The van der Waals surface area contributed by atoms with Gasteiger partial charge in [0.15, 0.2) is 11.5 Å². The molecule has 0 spiro atoms. The standard InChI is InChI=1S/C15H22N2O3/c1-10(2)9-16-15(18)17-11(3)12-6-7-13(19-4)14(8-12)20-5/h6-9,11H,1-5H3,(H2,16,17,18). The van der Waals surface area contributed by atoms with Crippen molar-refractivity contribution in [2.75, 3.05) is 14.2 Å². The van der Waals surface area contributed by atoms with Crippen LogP contribution >= 0.6 is 0 Å². The minimum Gasteiger partial charge on any atom is -0.493 e. The first-order valence-electron chi connectivity index (χ1n) is 6.40. The zero-order valence-electron chi connectivity index (χ0n) is 12.6. The van der Waals surface area contributed by atoms with Gasteiger partial charge in [-0.2, -0.15) is 0 Å². The van der Waals surface area contributed by atoms with Crippen molar-refractivity contribution in [2.24, 2.45) is 0 Å². The van der Waals surface area contributed by atoms with E-state index in [1.165, 1.54) is 0 Å². The van der Waals surface area contributed by atoms with Crippen LogP contribution in [-0.2, 0) is 0 Å². The Kier molecular flexibility index (Phi) is 5.90. The number of hydrogen-bond donors (Lipinski definition) is 2. The number of benzene rings is 1. The normalized spacial score (nSPS) is 11.2. The summed E-state index contributed by atoms with van der Waals surface area (Å²) in [5, 5.41) is 5.52. The van der Waals surface area contributed by atoms with Crippen molar-refractivity contribution in [3.8, 4) is 11.5 Å². The van der Waals surface area contributed by atoms with Gasteiger partial charge in [-0.05, 0) is 38.5 Å². The van der Waals surface area contributed by atoms with Gasteiger partial charge >= 0.3 is 6.03 Å². The number of carbonyl (C=O) groups is 1. The summed E-state index contributed by atoms with van der Waals surface area (Å²) >= 11 is 0. The number of amides is 2. The molecule has 1 rings (SSSR count). The van der Waals surface area contributed by atoms with E-state index in [2.05, 4.69) is 10.6 Å². The lowest BCUT2D eigenvalue weighted by Crippen LogP contribution is -2.34. The van der Waals surface area contributed by atoms with E-state index in [0.717, 1.165) is 11.1 Å². The van der Waals surface area contributed by atoms with E-state index in [9.17, 15) is 4.79 Å². The number of rotatable bonds is 5. The zero-order valence-corrected chi connectivity index (χ0v) is 12.6. The van der Waals surface area contributed by atoms with Crippen LogP contribution in [0.4, 0.5) is 4.79 Å². The Balaban J connectivity index is 2.74. The molecule has 20 heavy (non-hydrogen) atoms. The SMILES string of the molecule is COc1ccc(C(C)NC(=O)NC=C(C)C)cc1OC. The molecule has 0 saturated heterocycles. The molecule has 1 aromatic rings. The Hall–Kier alpha value is -2.17. The minimum atomic E-state index is -0.242. The molecule has 0 saturated carbocycles. The molecule has 5 nitrogen and oxygen atoms in total. The first-order valence-corrected chi connectivity index (χ1v) is 6.40. The molecule has 2 N–H and O–H groups in total. The molecule has 0 bridgehead atoms. The van der Waals surface area contributed by atoms with E-state index in [1.807, 2.05) is 39.0 Å². The average molecular weight is 278 g/mol. The van der Waals surface area contributed by atoms with E-state index in [4.69, 9.17) is 9.47 Å². The third-order valence-electron chi connectivity index (χ3n) is 2.75. The van der Waals surface area contributed by atoms with Gasteiger partial charge in [0.25, 0.3) is 0 Å². The fourth-order valence-corrected chi connectivity index (χ4v) is 1.65. The summed E-state index contributed by atoms with van der Waals surface area (Å²) < 4.78 is 10.4. The van der Waals surface area contributed by atoms with Crippen LogP contribution in [0.3, 0.4) is 0 Å². The molecular formula is C15H22N2O3. The van der Waals surface area contributed by atoms with Crippen molar-refractivity contribution in [2.45, 2.75) is 26.8 Å². The van der Waals surface area contributed by atoms with Gasteiger partial charge in [-0.3, -0.25) is 0 Å². The van der Waals surface area contributed by atoms with E-state index in [1.54, 1.807) is 20.4 Å². The topological polar surface area (TPSA) is 59.6 Å². The van der Waals surface area contributed by atoms with Gasteiger partial charge in [0.2, 0.25) is 0 Å². The predicted molar refractivity (Wildman–Crippen MR) is 79.1 cm³/mol. The summed E-state index contributed by atoms with van der Waals surface area (Å²) in [5.41, 5.74) is 1.97. The summed E-state index contributed by atoms with van der Waals surface area (Å²) in [6.45, 7) is 5.74. The summed E-state index contributed by atoms with van der Waals surface area (Å²) in [6.07, 6.45) is 1.66. The maximum Gasteiger partial charge on any atom is 0.319 e. The van der Waals surface area contributed by atoms with Crippen LogP contribution in [0.25, 0.3) is 0 Å². The first kappa shape index (κ1) is 15.9. The van der Waals surface area contributed by atoms with Crippen LogP contribution in [-0.4, -0.2) is 20.3 Å². The predicted octanol–water partition coefficient (Wildman–Crippen LogP) is 2.99. The fourth-order valence-electron chi connectivity index (χ4n) is 1.65. The van der Waals surface area contributed by atoms with Crippen molar-refractivity contribution >= 4 is 6.03 Å². The number of nitrogens with one attached hydrogen (secondary N) is 2. The highest BCUT2D eigenvalue weighted by atomic mass is 16.5. The van der Waals surface area contributed by atoms with E-state index in [0.29, 0.717) is 11.5 Å². The van der Waals surface area contributed by atoms with E-state index >= 15 is 0 Å². The molecule has 5 heteroatoms. The Labute approximate surface area is 120 Å². The van der Waals surface area contributed by atoms with Gasteiger partial charge < -0.3 is 20.1 Å². The third kappa shape index (κ3) is 4.50. The van der Waals surface area contributed by atoms with Gasteiger partial charge in [-0.25, -0.2) is 4.79 Å². The fraction of sp³-hybridized carbons (Fsp3) is 0.400. The molecule has 0 heterocycles. The molecule has 1 aromatic carbocycles. The molecule has 0 fully saturated rings. The second-order valence-corrected chi connectivity index (χ2v) is 4.68. The van der Waals surface area contributed by atoms with Crippen LogP contribution in [0.1, 0.15) is 32.4 Å². The van der Waals surface area contributed by atoms with Gasteiger partial charge in [0, 0.05) is 6.20 Å². The van der Waals surface area contributed by atoms with Crippen molar-refractivity contribution in [3.05, 3.63) is 35.5 Å². The van der Waals surface area contributed by atoms with E-state index in [-0.39, 0.29) is 12.1 Å². The third-order valence-corrected chi connectivity index (χ3v) is 2.75. The number of carbonyl (C=O) groups excluding carboxylic acids is 1. The number of urea groups is 1. The molecule has 0 aliphatic carbocycles. The lowest BCUT2D eigenvalue weighted by molar-refractivity contribution is 0.241. The van der Waals surface area contributed by atoms with Crippen molar-refractivity contribution in [1.82, 2.24) is 10.6 Å². The molecular weight excluding hydrogens is 256 g/mol. The summed E-state index contributed by atoms with van der Waals surface area (Å²) in [6, 6.07) is 5.19. The molecule has 0 aliphatic rings. The maximum atomic E-state index is 11.7. The molecule has 2 amide bonds. The van der Waals surface area contributed by atoms with Crippen LogP contribution < -0.4 is 20.1 Å². The number of hydrogen-bond acceptors (Lipinski definition) is 3. The Morgan fingerprint density at radius 2 is 1.85 bits per heavy atom. The molecule has 1 unspecified atom stereocenters. The first-order chi connectivity index (χ1) is 9.47. The summed E-state index contributed by atoms with van der Waals surface area (Å²) in [7, 11) is 3.17. The summed E-state index contributed by atoms with van der Waals surface area (Å²) in [4.78, 5) is 11.7. The lowest BCUT2D eigenvalue weighted by atomic mass is 10.1. The minimum absolute atomic E-state index is 0.139. The second kappa shape index (κ2) is 7.43. The van der Waals surface area contributed by atoms with Crippen molar-refractivity contribution in [3.63, 3.8) is 0 Å². The van der Waals surface area contributed by atoms with Crippen molar-refractivity contribution in [1.29, 1.82) is 0 Å². The van der Waals surface area contributed by atoms with Crippen LogP contribution in [0, 0.1) is 0 Å². The average Bonchev–Trinajstić information content (AvgIpc) is 2.44. The van der Waals surface area contributed by atoms with Crippen LogP contribution in [0.5, 0.6) is 11.5 Å². The van der Waals surface area contributed by atoms with E-state index < -0.39 is 0 Å². The quantitative estimate of drug-likeness (QED) is 0.870. The van der Waals surface area contributed by atoms with Gasteiger partial charge in [-0.1, -0.05) is 11.6 Å². The number of methoxy groups -OCH3 is 2. The number of ether oxygens (including phenoxy) is 2. The maximum absolute atomic E-state index is 11.7. The molecule has 0 aliphatic heterocycles. The monoisotopic (exact) mass is 278 g/mol. The Bertz CT molecular complexity index is 494. The molecule has 0 radical (unpaired) electrons. The van der Waals surface area contributed by atoms with Crippen LogP contribution in [0.2, 0.25) is 0 Å². The largest absolute Gasteiger partial charge is 0.493 e. The lowest BCUT2D eigenvalue weighted by Gasteiger charge is -2.16. The molecule has 0 aromatic heterocycles. The van der Waals surface area contributed by atoms with Crippen LogP contribution in [0.15, 0.2) is 30.0 Å². The number of allylic oxidation sites excluding steroid dienone is 1. The Morgan fingerprint density at radius 3 is 2.40 bits per heavy atom. The molecule has 110 valence electrons. The highest BCUT2D eigenvalue weighted by Crippen LogP contribution is 2.29. The zero-order chi connectivity index (χ0) is 15.1.